The van der Waals surface area contributed by atoms with E-state index in [1.54, 1.807) is 23.9 Å². The fourth-order valence-electron chi connectivity index (χ4n) is 4.09. The fourth-order valence-corrected chi connectivity index (χ4v) is 4.73. The van der Waals surface area contributed by atoms with Gasteiger partial charge in [-0.3, -0.25) is 10.00 Å². The van der Waals surface area contributed by atoms with Crippen molar-refractivity contribution in [3.8, 4) is 5.75 Å². The van der Waals surface area contributed by atoms with E-state index < -0.39 is 17.7 Å². The van der Waals surface area contributed by atoms with E-state index in [2.05, 4.69) is 55.4 Å². The number of hydrogen-bond acceptors (Lipinski definition) is 11. The highest BCUT2D eigenvalue weighted by Gasteiger charge is 2.27. The average Bonchev–Trinajstić information content (AvgIpc) is 3.23. The lowest BCUT2D eigenvalue weighted by molar-refractivity contribution is 0.159. The van der Waals surface area contributed by atoms with Crippen molar-refractivity contribution < 1.29 is 28.9 Å². The lowest BCUT2D eigenvalue weighted by atomic mass is 9.99. The van der Waals surface area contributed by atoms with Gasteiger partial charge < -0.3 is 30.0 Å². The SMILES string of the molecule is CCC[C@@H](CCO)Nc1nc(NC(=O)OC)nc2c(I)nn(Cc3nc(C(C)(C)NC(=O)OC)ccc3OC)c12. The minimum absolute atomic E-state index is 0.000731. The van der Waals surface area contributed by atoms with Gasteiger partial charge in [0, 0.05) is 12.6 Å². The number of hydrogen-bond donors (Lipinski definition) is 4. The van der Waals surface area contributed by atoms with Crippen molar-refractivity contribution in [2.75, 3.05) is 38.6 Å². The van der Waals surface area contributed by atoms with Crippen LogP contribution in [-0.2, 0) is 21.6 Å². The van der Waals surface area contributed by atoms with Crippen LogP contribution in [0.1, 0.15) is 51.4 Å². The fraction of sp³-hybridized carbons (Fsp3) is 0.520. The van der Waals surface area contributed by atoms with Gasteiger partial charge in [0.2, 0.25) is 5.95 Å². The number of alkyl carbamates (subject to hydrolysis) is 1. The number of ether oxygens (including phenoxy) is 3. The maximum Gasteiger partial charge on any atom is 0.413 e. The Morgan fingerprint density at radius 1 is 1.10 bits per heavy atom. The van der Waals surface area contributed by atoms with Crippen LogP contribution in [0.4, 0.5) is 21.4 Å². The molecular weight excluding hydrogens is 635 g/mol. The molecule has 0 aliphatic rings. The Morgan fingerprint density at radius 3 is 2.45 bits per heavy atom. The highest BCUT2D eigenvalue weighted by molar-refractivity contribution is 14.1. The van der Waals surface area contributed by atoms with Crippen molar-refractivity contribution >= 4 is 57.6 Å². The van der Waals surface area contributed by atoms with Crippen LogP contribution in [0.25, 0.3) is 11.0 Å². The summed E-state index contributed by atoms with van der Waals surface area (Å²) in [6.45, 7) is 5.87. The molecule has 0 saturated heterocycles. The van der Waals surface area contributed by atoms with Crippen LogP contribution in [0.5, 0.6) is 5.75 Å². The van der Waals surface area contributed by atoms with Gasteiger partial charge in [-0.2, -0.15) is 10.1 Å². The van der Waals surface area contributed by atoms with Crippen molar-refractivity contribution in [1.82, 2.24) is 30.0 Å². The summed E-state index contributed by atoms with van der Waals surface area (Å²) in [7, 11) is 4.10. The molecule has 218 valence electrons. The molecule has 0 bridgehead atoms. The second kappa shape index (κ2) is 13.7. The van der Waals surface area contributed by atoms with Crippen LogP contribution < -0.4 is 20.7 Å². The number of rotatable bonds is 12. The normalized spacial score (nSPS) is 12.1. The standard InChI is InChI=1S/C25H35IN8O6/c1-7-8-14(11-12-35)27-21-19-18(29-22(30-21)31-23(36)39-5)20(26)33-34(19)13-15-16(38-4)9-10-17(28-15)25(2,3)32-24(37)40-6/h9-10,14,35H,7-8,11-13H2,1-6H3,(H,32,37)(H2,27,29,30,31,36)/t14-/m0/s1. The summed E-state index contributed by atoms with van der Waals surface area (Å²) >= 11 is 2.07. The molecule has 0 saturated carbocycles. The van der Waals surface area contributed by atoms with Crippen LogP contribution in [0.15, 0.2) is 12.1 Å². The van der Waals surface area contributed by atoms with Crippen molar-refractivity contribution in [3.05, 3.63) is 27.2 Å². The summed E-state index contributed by atoms with van der Waals surface area (Å²) in [5.74, 6) is 1.01. The van der Waals surface area contributed by atoms with E-state index in [-0.39, 0.29) is 25.1 Å². The van der Waals surface area contributed by atoms with Gasteiger partial charge in [-0.15, -0.1) is 0 Å². The van der Waals surface area contributed by atoms with Gasteiger partial charge in [0.1, 0.15) is 26.2 Å². The number of methoxy groups -OCH3 is 3. The zero-order valence-electron chi connectivity index (χ0n) is 23.4. The van der Waals surface area contributed by atoms with Gasteiger partial charge in [-0.25, -0.2) is 19.6 Å². The maximum atomic E-state index is 11.9. The highest BCUT2D eigenvalue weighted by atomic mass is 127. The number of nitrogens with zero attached hydrogens (tertiary/aromatic N) is 5. The van der Waals surface area contributed by atoms with Crippen molar-refractivity contribution in [2.24, 2.45) is 0 Å². The Bertz CT molecular complexity index is 1340. The first-order valence-corrected chi connectivity index (χ1v) is 13.7. The molecule has 14 nitrogen and oxygen atoms in total. The Labute approximate surface area is 245 Å². The highest BCUT2D eigenvalue weighted by Crippen LogP contribution is 2.30. The zero-order chi connectivity index (χ0) is 29.4. The topological polar surface area (TPSA) is 175 Å². The number of halogens is 1. The van der Waals surface area contributed by atoms with Gasteiger partial charge in [0.15, 0.2) is 5.82 Å². The van der Waals surface area contributed by atoms with Gasteiger partial charge in [-0.05, 0) is 61.4 Å². The molecular formula is C25H35IN8O6. The second-order valence-electron chi connectivity index (χ2n) is 9.39. The number of nitrogens with one attached hydrogen (secondary N) is 3. The molecule has 3 aromatic heterocycles. The number of amides is 2. The first-order chi connectivity index (χ1) is 19.1. The number of fused-ring (bicyclic) bond motifs is 1. The van der Waals surface area contributed by atoms with Crippen molar-refractivity contribution in [2.45, 2.75) is 58.2 Å². The summed E-state index contributed by atoms with van der Waals surface area (Å²) in [6, 6.07) is 3.47. The van der Waals surface area contributed by atoms with E-state index in [0.717, 1.165) is 12.8 Å². The third-order valence-corrected chi connectivity index (χ3v) is 6.82. The molecule has 2 amide bonds. The predicted octanol–water partition coefficient (Wildman–Crippen LogP) is 3.62. The molecule has 3 rings (SSSR count). The molecule has 0 aliphatic carbocycles. The Morgan fingerprint density at radius 2 is 1.82 bits per heavy atom. The van der Waals surface area contributed by atoms with E-state index in [4.69, 9.17) is 24.3 Å². The van der Waals surface area contributed by atoms with Crippen LogP contribution in [-0.4, -0.2) is 76.0 Å². The first-order valence-electron chi connectivity index (χ1n) is 12.6. The molecule has 4 N–H and O–H groups in total. The number of carbonyl (C=O) groups excluding carboxylic acids is 2. The largest absolute Gasteiger partial charge is 0.495 e. The molecule has 0 aliphatic heterocycles. The molecule has 0 radical (unpaired) electrons. The number of aliphatic hydroxyl groups is 1. The maximum absolute atomic E-state index is 11.9. The third-order valence-electron chi connectivity index (χ3n) is 6.09. The van der Waals surface area contributed by atoms with Gasteiger partial charge in [0.05, 0.1) is 39.1 Å². The van der Waals surface area contributed by atoms with Crippen LogP contribution >= 0.6 is 22.6 Å². The molecule has 0 unspecified atom stereocenters. The Balaban J connectivity index is 2.13. The van der Waals surface area contributed by atoms with Crippen LogP contribution in [0.2, 0.25) is 0 Å². The van der Waals surface area contributed by atoms with E-state index in [1.807, 2.05) is 13.8 Å². The minimum Gasteiger partial charge on any atom is -0.495 e. The number of pyridine rings is 1. The molecule has 0 spiro atoms. The number of anilines is 2. The smallest absolute Gasteiger partial charge is 0.413 e. The monoisotopic (exact) mass is 670 g/mol. The van der Waals surface area contributed by atoms with Gasteiger partial charge in [0.25, 0.3) is 0 Å². The van der Waals surface area contributed by atoms with Crippen molar-refractivity contribution in [1.29, 1.82) is 0 Å². The second-order valence-corrected chi connectivity index (χ2v) is 10.4. The molecule has 0 aromatic carbocycles. The molecule has 40 heavy (non-hydrogen) atoms. The lowest BCUT2D eigenvalue weighted by Gasteiger charge is -2.26. The summed E-state index contributed by atoms with van der Waals surface area (Å²) in [5.41, 5.74) is 1.40. The van der Waals surface area contributed by atoms with E-state index >= 15 is 0 Å². The number of aromatic nitrogens is 5. The van der Waals surface area contributed by atoms with Crippen molar-refractivity contribution in [3.63, 3.8) is 0 Å². The first kappa shape index (κ1) is 31.1. The quantitative estimate of drug-likeness (QED) is 0.207. The van der Waals surface area contributed by atoms with Gasteiger partial charge in [-0.1, -0.05) is 13.3 Å². The Hall–Kier alpha value is -3.47. The third kappa shape index (κ3) is 7.38. The lowest BCUT2D eigenvalue weighted by Crippen LogP contribution is -2.41. The summed E-state index contributed by atoms with van der Waals surface area (Å²) in [6.07, 6.45) is 0.896. The number of aliphatic hydroxyl groups excluding tert-OH is 1. The summed E-state index contributed by atoms with van der Waals surface area (Å²) in [4.78, 5) is 37.7. The van der Waals surface area contributed by atoms with Crippen LogP contribution in [0.3, 0.4) is 0 Å². The molecule has 0 fully saturated rings. The van der Waals surface area contributed by atoms with E-state index in [1.165, 1.54) is 14.2 Å². The van der Waals surface area contributed by atoms with Gasteiger partial charge >= 0.3 is 12.2 Å². The molecule has 3 heterocycles. The predicted molar refractivity (Wildman–Crippen MR) is 157 cm³/mol. The van der Waals surface area contributed by atoms with Crippen LogP contribution in [0, 0.1) is 3.70 Å². The molecule has 15 heteroatoms. The van der Waals surface area contributed by atoms with E-state index in [0.29, 0.717) is 44.1 Å². The molecule has 3 aromatic rings. The summed E-state index contributed by atoms with van der Waals surface area (Å²) in [5, 5.41) is 23.0. The minimum atomic E-state index is -0.837. The zero-order valence-corrected chi connectivity index (χ0v) is 25.5. The average molecular weight is 671 g/mol. The summed E-state index contributed by atoms with van der Waals surface area (Å²) < 4.78 is 17.3. The number of carbonyl (C=O) groups is 2. The Kier molecular flexibility index (Phi) is 10.7. The van der Waals surface area contributed by atoms with E-state index in [9.17, 15) is 14.7 Å². The molecule has 1 atom stereocenters.